The Balaban J connectivity index is 2.98. The number of carbonyl (C=O) groups is 1. The molecule has 0 bridgehead atoms. The molecule has 0 saturated heterocycles. The van der Waals surface area contributed by atoms with Crippen LogP contribution in [0.4, 0.5) is 0 Å². The Kier molecular flexibility index (Phi) is 3.16. The van der Waals surface area contributed by atoms with Gasteiger partial charge in [-0.15, -0.1) is 0 Å². The number of carboxylic acid groups (broad SMARTS) is 1. The SMILES string of the molecule is COc1cc(OC)c2c(c1)c(=O)cc(C(=O)O)n2C. The molecule has 0 saturated carbocycles. The quantitative estimate of drug-likeness (QED) is 0.901. The first-order valence-electron chi connectivity index (χ1n) is 5.48. The fraction of sp³-hybridized carbons (Fsp3) is 0.231. The molecule has 1 N–H and O–H groups in total. The zero-order valence-corrected chi connectivity index (χ0v) is 10.8. The first-order valence-corrected chi connectivity index (χ1v) is 5.48. The van der Waals surface area contributed by atoms with Crippen LogP contribution < -0.4 is 14.9 Å². The zero-order chi connectivity index (χ0) is 14.2. The second-order valence-electron chi connectivity index (χ2n) is 3.98. The van der Waals surface area contributed by atoms with E-state index in [0.29, 0.717) is 22.4 Å². The summed E-state index contributed by atoms with van der Waals surface area (Å²) in [5.41, 5.74) is -0.0585. The number of fused-ring (bicyclic) bond motifs is 1. The van der Waals surface area contributed by atoms with Gasteiger partial charge in [-0.3, -0.25) is 4.79 Å². The predicted molar refractivity (Wildman–Crippen MR) is 69.3 cm³/mol. The molecule has 1 aromatic heterocycles. The number of hydrogen-bond donors (Lipinski definition) is 1. The highest BCUT2D eigenvalue weighted by molar-refractivity contribution is 5.93. The molecule has 0 amide bonds. The monoisotopic (exact) mass is 263 g/mol. The molecule has 1 heterocycles. The summed E-state index contributed by atoms with van der Waals surface area (Å²) in [5, 5.41) is 9.44. The molecule has 0 aliphatic rings. The number of pyridine rings is 1. The third-order valence-electron chi connectivity index (χ3n) is 2.95. The fourth-order valence-corrected chi connectivity index (χ4v) is 2.01. The number of rotatable bonds is 3. The minimum absolute atomic E-state index is 0.0963. The van der Waals surface area contributed by atoms with Gasteiger partial charge in [-0.2, -0.15) is 0 Å². The van der Waals surface area contributed by atoms with Crippen molar-refractivity contribution in [2.75, 3.05) is 14.2 Å². The maximum atomic E-state index is 12.0. The van der Waals surface area contributed by atoms with Gasteiger partial charge in [0.25, 0.3) is 0 Å². The zero-order valence-electron chi connectivity index (χ0n) is 10.8. The van der Waals surface area contributed by atoms with Gasteiger partial charge >= 0.3 is 5.97 Å². The Morgan fingerprint density at radius 3 is 2.42 bits per heavy atom. The summed E-state index contributed by atoms with van der Waals surface area (Å²) >= 11 is 0. The van der Waals surface area contributed by atoms with Crippen molar-refractivity contribution in [3.05, 3.63) is 34.1 Å². The molecular weight excluding hydrogens is 250 g/mol. The summed E-state index contributed by atoms with van der Waals surface area (Å²) in [7, 11) is 4.50. The smallest absolute Gasteiger partial charge is 0.352 e. The molecule has 100 valence electrons. The normalized spacial score (nSPS) is 10.5. The van der Waals surface area contributed by atoms with Crippen LogP contribution in [0.3, 0.4) is 0 Å². The Morgan fingerprint density at radius 1 is 1.21 bits per heavy atom. The van der Waals surface area contributed by atoms with E-state index in [4.69, 9.17) is 14.6 Å². The number of hydrogen-bond acceptors (Lipinski definition) is 4. The molecule has 2 rings (SSSR count). The molecule has 0 fully saturated rings. The molecular formula is C13H13NO5. The summed E-state index contributed by atoms with van der Waals surface area (Å²) in [6, 6.07) is 4.25. The molecule has 6 heteroatoms. The number of aryl methyl sites for hydroxylation is 1. The summed E-state index contributed by atoms with van der Waals surface area (Å²) in [5.74, 6) is -0.305. The lowest BCUT2D eigenvalue weighted by atomic mass is 10.1. The third-order valence-corrected chi connectivity index (χ3v) is 2.95. The third kappa shape index (κ3) is 2.01. The Morgan fingerprint density at radius 2 is 1.89 bits per heavy atom. The lowest BCUT2D eigenvalue weighted by Gasteiger charge is -2.14. The number of nitrogens with zero attached hydrogens (tertiary/aromatic N) is 1. The number of aromatic carboxylic acids is 1. The highest BCUT2D eigenvalue weighted by Gasteiger charge is 2.16. The first kappa shape index (κ1) is 12.9. The number of methoxy groups -OCH3 is 2. The molecule has 0 radical (unpaired) electrons. The van der Waals surface area contributed by atoms with E-state index in [1.54, 1.807) is 19.2 Å². The first-order chi connectivity index (χ1) is 8.99. The van der Waals surface area contributed by atoms with Crippen LogP contribution in [0.1, 0.15) is 10.5 Å². The van der Waals surface area contributed by atoms with Crippen molar-refractivity contribution in [2.45, 2.75) is 0 Å². The van der Waals surface area contributed by atoms with Crippen LogP contribution in [-0.4, -0.2) is 29.9 Å². The van der Waals surface area contributed by atoms with E-state index in [1.165, 1.54) is 18.8 Å². The highest BCUT2D eigenvalue weighted by Crippen LogP contribution is 2.29. The average Bonchev–Trinajstić information content (AvgIpc) is 2.40. The fourth-order valence-electron chi connectivity index (χ4n) is 2.01. The molecule has 19 heavy (non-hydrogen) atoms. The predicted octanol–water partition coefficient (Wildman–Crippen LogP) is 1.25. The maximum absolute atomic E-state index is 12.0. The standard InChI is InChI=1S/C13H13NO5/c1-14-9(13(16)17)6-10(15)8-4-7(18-2)5-11(19-3)12(8)14/h4-6H,1-3H3,(H,16,17). The van der Waals surface area contributed by atoms with Crippen LogP contribution in [0, 0.1) is 0 Å². The number of ether oxygens (including phenoxy) is 2. The minimum atomic E-state index is -1.17. The highest BCUT2D eigenvalue weighted by atomic mass is 16.5. The van der Waals surface area contributed by atoms with E-state index in [2.05, 4.69) is 0 Å². The van der Waals surface area contributed by atoms with E-state index in [1.807, 2.05) is 0 Å². The molecule has 6 nitrogen and oxygen atoms in total. The Hall–Kier alpha value is -2.50. The van der Waals surface area contributed by atoms with Crippen LogP contribution in [0.15, 0.2) is 23.0 Å². The van der Waals surface area contributed by atoms with Gasteiger partial charge in [-0.25, -0.2) is 4.79 Å². The summed E-state index contributed by atoms with van der Waals surface area (Å²) in [6.45, 7) is 0. The van der Waals surface area contributed by atoms with Crippen LogP contribution in [0.25, 0.3) is 10.9 Å². The van der Waals surface area contributed by atoms with E-state index in [9.17, 15) is 9.59 Å². The van der Waals surface area contributed by atoms with Crippen molar-refractivity contribution in [1.82, 2.24) is 4.57 Å². The van der Waals surface area contributed by atoms with E-state index >= 15 is 0 Å². The van der Waals surface area contributed by atoms with Gasteiger partial charge in [0, 0.05) is 19.2 Å². The summed E-state index contributed by atoms with van der Waals surface area (Å²) in [4.78, 5) is 23.1. The van der Waals surface area contributed by atoms with Crippen molar-refractivity contribution in [1.29, 1.82) is 0 Å². The van der Waals surface area contributed by atoms with Gasteiger partial charge in [-0.1, -0.05) is 0 Å². The Bertz CT molecular complexity index is 717. The number of aromatic nitrogens is 1. The number of carboxylic acids is 1. The lowest BCUT2D eigenvalue weighted by Crippen LogP contribution is -2.16. The van der Waals surface area contributed by atoms with Crippen molar-refractivity contribution < 1.29 is 19.4 Å². The Labute approximate surface area is 108 Å². The maximum Gasteiger partial charge on any atom is 0.352 e. The summed E-state index contributed by atoms with van der Waals surface area (Å²) < 4.78 is 11.7. The summed E-state index contributed by atoms with van der Waals surface area (Å²) in [6.07, 6.45) is 0. The van der Waals surface area contributed by atoms with Crippen molar-refractivity contribution in [3.8, 4) is 11.5 Å². The van der Waals surface area contributed by atoms with Gasteiger partial charge < -0.3 is 19.1 Å². The lowest BCUT2D eigenvalue weighted by molar-refractivity contribution is 0.0686. The van der Waals surface area contributed by atoms with Crippen LogP contribution in [-0.2, 0) is 7.05 Å². The van der Waals surface area contributed by atoms with Crippen molar-refractivity contribution in [2.24, 2.45) is 7.05 Å². The van der Waals surface area contributed by atoms with Crippen LogP contribution in [0.2, 0.25) is 0 Å². The molecule has 1 aromatic carbocycles. The molecule has 0 atom stereocenters. The largest absolute Gasteiger partial charge is 0.497 e. The van der Waals surface area contributed by atoms with Crippen LogP contribution >= 0.6 is 0 Å². The molecule has 0 unspecified atom stereocenters. The second-order valence-corrected chi connectivity index (χ2v) is 3.98. The molecule has 0 aliphatic heterocycles. The molecule has 2 aromatic rings. The van der Waals surface area contributed by atoms with Crippen LogP contribution in [0.5, 0.6) is 11.5 Å². The number of benzene rings is 1. The van der Waals surface area contributed by atoms with Gasteiger partial charge in [0.15, 0.2) is 5.43 Å². The topological polar surface area (TPSA) is 77.8 Å². The average molecular weight is 263 g/mol. The van der Waals surface area contributed by atoms with E-state index in [0.717, 1.165) is 6.07 Å². The van der Waals surface area contributed by atoms with Gasteiger partial charge in [-0.05, 0) is 6.07 Å². The van der Waals surface area contributed by atoms with Crippen molar-refractivity contribution >= 4 is 16.9 Å². The van der Waals surface area contributed by atoms with Gasteiger partial charge in [0.2, 0.25) is 0 Å². The van der Waals surface area contributed by atoms with E-state index < -0.39 is 5.97 Å². The van der Waals surface area contributed by atoms with Gasteiger partial charge in [0.1, 0.15) is 17.2 Å². The van der Waals surface area contributed by atoms with Crippen molar-refractivity contribution in [3.63, 3.8) is 0 Å². The molecule has 0 spiro atoms. The minimum Gasteiger partial charge on any atom is -0.497 e. The van der Waals surface area contributed by atoms with E-state index in [-0.39, 0.29) is 11.1 Å². The second kappa shape index (κ2) is 4.64. The molecule has 0 aliphatic carbocycles. The van der Waals surface area contributed by atoms with Gasteiger partial charge in [0.05, 0.1) is 25.1 Å².